The predicted octanol–water partition coefficient (Wildman–Crippen LogP) is 1.21. The first-order valence-corrected chi connectivity index (χ1v) is 4.64. The fourth-order valence-electron chi connectivity index (χ4n) is 0.574. The van der Waals surface area contributed by atoms with Crippen molar-refractivity contribution in [1.29, 1.82) is 0 Å². The lowest BCUT2D eigenvalue weighted by molar-refractivity contribution is 0.149. The van der Waals surface area contributed by atoms with Crippen LogP contribution < -0.4 is 10.6 Å². The average molecular weight is 229 g/mol. The molecule has 0 aromatic carbocycles. The van der Waals surface area contributed by atoms with Crippen LogP contribution in [0, 0.1) is 0 Å². The van der Waals surface area contributed by atoms with Crippen molar-refractivity contribution >= 4 is 29.2 Å². The molecule has 0 aliphatic rings. The number of amides is 2. The minimum Gasteiger partial charge on any atom is -0.371 e. The highest BCUT2D eigenvalue weighted by atomic mass is 35.5. The molecule has 0 unspecified atom stereocenters. The van der Waals surface area contributed by atoms with Gasteiger partial charge in [-0.1, -0.05) is 0 Å². The highest BCUT2D eigenvalue weighted by molar-refractivity contribution is 6.44. The summed E-state index contributed by atoms with van der Waals surface area (Å²) in [7, 11) is 0. The lowest BCUT2D eigenvalue weighted by Crippen LogP contribution is -2.51. The maximum atomic E-state index is 11.1. The van der Waals surface area contributed by atoms with Crippen molar-refractivity contribution < 1.29 is 9.90 Å². The number of alkyl halides is 2. The zero-order valence-corrected chi connectivity index (χ0v) is 9.28. The SMILES string of the molecule is CC(C)(C)NC(=O)N[C@H](O)C(Cl)Cl. The van der Waals surface area contributed by atoms with Gasteiger partial charge < -0.3 is 15.7 Å². The largest absolute Gasteiger partial charge is 0.371 e. The molecule has 1 atom stereocenters. The van der Waals surface area contributed by atoms with E-state index < -0.39 is 17.1 Å². The van der Waals surface area contributed by atoms with Gasteiger partial charge in [0.15, 0.2) is 11.1 Å². The minimum absolute atomic E-state index is 0.363. The zero-order valence-electron chi connectivity index (χ0n) is 7.77. The van der Waals surface area contributed by atoms with E-state index in [-0.39, 0.29) is 5.54 Å². The number of hydrogen-bond acceptors (Lipinski definition) is 2. The number of carbonyl (C=O) groups excluding carboxylic acids is 1. The molecule has 0 aliphatic carbocycles. The molecule has 4 nitrogen and oxygen atoms in total. The highest BCUT2D eigenvalue weighted by Crippen LogP contribution is 2.05. The van der Waals surface area contributed by atoms with E-state index in [2.05, 4.69) is 10.6 Å². The van der Waals surface area contributed by atoms with Gasteiger partial charge in [-0.05, 0) is 20.8 Å². The molecule has 0 aromatic heterocycles. The van der Waals surface area contributed by atoms with Crippen LogP contribution in [0.2, 0.25) is 0 Å². The van der Waals surface area contributed by atoms with Gasteiger partial charge in [-0.3, -0.25) is 0 Å². The number of carbonyl (C=O) groups is 1. The molecular formula is C7H14Cl2N2O2. The summed E-state index contributed by atoms with van der Waals surface area (Å²) >= 11 is 10.6. The molecule has 0 saturated carbocycles. The molecule has 0 bridgehead atoms. The molecule has 0 aliphatic heterocycles. The maximum Gasteiger partial charge on any atom is 0.317 e. The third-order valence-electron chi connectivity index (χ3n) is 1.01. The lowest BCUT2D eigenvalue weighted by Gasteiger charge is -2.22. The van der Waals surface area contributed by atoms with Gasteiger partial charge in [-0.2, -0.15) is 0 Å². The molecule has 78 valence electrons. The summed E-state index contributed by atoms with van der Waals surface area (Å²) < 4.78 is 0. The second-order valence-electron chi connectivity index (χ2n) is 3.63. The van der Waals surface area contributed by atoms with Crippen molar-refractivity contribution in [1.82, 2.24) is 10.6 Å². The van der Waals surface area contributed by atoms with Crippen LogP contribution in [0.3, 0.4) is 0 Å². The lowest BCUT2D eigenvalue weighted by atomic mass is 10.1. The van der Waals surface area contributed by atoms with Crippen molar-refractivity contribution in [2.24, 2.45) is 0 Å². The quantitative estimate of drug-likeness (QED) is 0.492. The van der Waals surface area contributed by atoms with Crippen LogP contribution in [-0.4, -0.2) is 27.7 Å². The summed E-state index contributed by atoms with van der Waals surface area (Å²) in [5.74, 6) is 0. The van der Waals surface area contributed by atoms with Gasteiger partial charge in [-0.15, -0.1) is 23.2 Å². The van der Waals surface area contributed by atoms with Crippen LogP contribution in [-0.2, 0) is 0 Å². The first kappa shape index (κ1) is 12.8. The van der Waals surface area contributed by atoms with Crippen molar-refractivity contribution in [3.63, 3.8) is 0 Å². The molecule has 13 heavy (non-hydrogen) atoms. The van der Waals surface area contributed by atoms with Gasteiger partial charge in [0.05, 0.1) is 0 Å². The Morgan fingerprint density at radius 1 is 1.38 bits per heavy atom. The normalized spacial score (nSPS) is 14.1. The Labute approximate surface area is 87.6 Å². The van der Waals surface area contributed by atoms with E-state index in [1.165, 1.54) is 0 Å². The van der Waals surface area contributed by atoms with Crippen LogP contribution in [0.1, 0.15) is 20.8 Å². The molecule has 0 rings (SSSR count). The Kier molecular flexibility index (Phi) is 4.81. The second-order valence-corrected chi connectivity index (χ2v) is 4.79. The summed E-state index contributed by atoms with van der Waals surface area (Å²) in [4.78, 5) is 10.0. The Morgan fingerprint density at radius 3 is 2.15 bits per heavy atom. The van der Waals surface area contributed by atoms with E-state index in [0.29, 0.717) is 0 Å². The van der Waals surface area contributed by atoms with Gasteiger partial charge in [0.2, 0.25) is 0 Å². The van der Waals surface area contributed by atoms with E-state index >= 15 is 0 Å². The molecule has 0 heterocycles. The first-order chi connectivity index (χ1) is 5.72. The number of rotatable bonds is 2. The summed E-state index contributed by atoms with van der Waals surface area (Å²) in [5, 5.41) is 13.8. The first-order valence-electron chi connectivity index (χ1n) is 3.77. The summed E-state index contributed by atoms with van der Waals surface area (Å²) in [6.07, 6.45) is -1.26. The van der Waals surface area contributed by atoms with Crippen LogP contribution in [0.4, 0.5) is 4.79 Å². The molecular weight excluding hydrogens is 215 g/mol. The average Bonchev–Trinajstić information content (AvgIpc) is 1.81. The van der Waals surface area contributed by atoms with Crippen molar-refractivity contribution in [3.05, 3.63) is 0 Å². The molecule has 0 saturated heterocycles. The van der Waals surface area contributed by atoms with E-state index in [1.54, 1.807) is 0 Å². The summed E-state index contributed by atoms with van der Waals surface area (Å²) in [6, 6.07) is -0.508. The van der Waals surface area contributed by atoms with E-state index in [9.17, 15) is 4.79 Å². The van der Waals surface area contributed by atoms with Gasteiger partial charge in [0, 0.05) is 5.54 Å². The van der Waals surface area contributed by atoms with Gasteiger partial charge >= 0.3 is 6.03 Å². The van der Waals surface area contributed by atoms with Crippen LogP contribution in [0.15, 0.2) is 0 Å². The molecule has 3 N–H and O–H groups in total. The molecule has 0 spiro atoms. The number of aliphatic hydroxyl groups is 1. The Bertz CT molecular complexity index is 180. The minimum atomic E-state index is -1.26. The van der Waals surface area contributed by atoms with Crippen molar-refractivity contribution in [3.8, 4) is 0 Å². The van der Waals surface area contributed by atoms with E-state index in [4.69, 9.17) is 28.3 Å². The van der Waals surface area contributed by atoms with Crippen LogP contribution in [0.5, 0.6) is 0 Å². The van der Waals surface area contributed by atoms with E-state index in [0.717, 1.165) is 0 Å². The smallest absolute Gasteiger partial charge is 0.317 e. The molecule has 2 amide bonds. The second kappa shape index (κ2) is 4.88. The Balaban J connectivity index is 3.89. The van der Waals surface area contributed by atoms with Crippen molar-refractivity contribution in [2.45, 2.75) is 37.4 Å². The topological polar surface area (TPSA) is 61.4 Å². The molecule has 0 aromatic rings. The predicted molar refractivity (Wildman–Crippen MR) is 52.9 cm³/mol. The Hall–Kier alpha value is -0.190. The monoisotopic (exact) mass is 228 g/mol. The highest BCUT2D eigenvalue weighted by Gasteiger charge is 2.19. The number of nitrogens with one attached hydrogen (secondary N) is 2. The fourth-order valence-corrected chi connectivity index (χ4v) is 0.700. The van der Waals surface area contributed by atoms with Gasteiger partial charge in [0.1, 0.15) is 0 Å². The summed E-state index contributed by atoms with van der Waals surface area (Å²) in [5.41, 5.74) is -0.363. The van der Waals surface area contributed by atoms with Crippen molar-refractivity contribution in [2.75, 3.05) is 0 Å². The van der Waals surface area contributed by atoms with Gasteiger partial charge in [-0.25, -0.2) is 4.79 Å². The maximum absolute atomic E-state index is 11.1. The molecule has 6 heteroatoms. The van der Waals surface area contributed by atoms with Gasteiger partial charge in [0.25, 0.3) is 0 Å². The third-order valence-corrected chi connectivity index (χ3v) is 1.48. The van der Waals surface area contributed by atoms with E-state index in [1.807, 2.05) is 20.8 Å². The standard InChI is InChI=1S/C7H14Cl2N2O2/c1-7(2,3)11-6(13)10-5(12)4(8)9/h4-5,12H,1-3H3,(H2,10,11,13)/t5-/m1/s1. The molecule has 0 radical (unpaired) electrons. The Morgan fingerprint density at radius 2 is 1.85 bits per heavy atom. The van der Waals surface area contributed by atoms with Crippen LogP contribution >= 0.6 is 23.2 Å². The number of aliphatic hydroxyl groups excluding tert-OH is 1. The number of halogens is 2. The fraction of sp³-hybridized carbons (Fsp3) is 0.857. The zero-order chi connectivity index (χ0) is 10.6. The summed E-state index contributed by atoms with van der Waals surface area (Å²) in [6.45, 7) is 5.45. The number of hydrogen-bond donors (Lipinski definition) is 3. The van der Waals surface area contributed by atoms with Crippen LogP contribution in [0.25, 0.3) is 0 Å². The molecule has 0 fully saturated rings. The number of urea groups is 1. The third kappa shape index (κ3) is 6.93.